The Balaban J connectivity index is 0.000000139. The molecule has 0 N–H and O–H groups in total. The lowest BCUT2D eigenvalue weighted by Crippen LogP contribution is -2.31. The van der Waals surface area contributed by atoms with Gasteiger partial charge in [0.25, 0.3) is 0 Å². The van der Waals surface area contributed by atoms with Crippen molar-refractivity contribution in [3.63, 3.8) is 0 Å². The Morgan fingerprint density at radius 1 is 0.182 bits per heavy atom. The molecule has 1 saturated carbocycles. The van der Waals surface area contributed by atoms with E-state index in [2.05, 4.69) is 66.3 Å². The quantitative estimate of drug-likeness (QED) is 0.164. The topological polar surface area (TPSA) is 607 Å². The summed E-state index contributed by atoms with van der Waals surface area (Å²) in [5.74, 6) is -23.0. The predicted octanol–water partition coefficient (Wildman–Crippen LogP) is 1.19. The van der Waals surface area contributed by atoms with Gasteiger partial charge in [0.15, 0.2) is 0 Å². The average molecular weight is 1690 g/mol. The summed E-state index contributed by atoms with van der Waals surface area (Å²) in [4.78, 5) is 311. The van der Waals surface area contributed by atoms with Crippen LogP contribution in [0.1, 0.15) is 194 Å². The highest BCUT2D eigenvalue weighted by atomic mass is 16.6. The molecule has 638 valence electrons. The van der Waals surface area contributed by atoms with Gasteiger partial charge in [-0.05, 0) is 84.5 Å². The zero-order chi connectivity index (χ0) is 87.5. The van der Waals surface area contributed by atoms with Gasteiger partial charge in [0.2, 0.25) is 0 Å². The SMILES string of the molecule is O=C1CC(C2CC(=O)OC2=O)C(=O)O1.O=C1CC(C2CC(=O)OC2=O)CC(=O)O1.O=C1CC(C2CCC(C3CC(=O)OC3=O)CC2)C(=O)O1.O=C1CC(CC2CC(=O)OC2=O)C(=O)O1.O=C1CC(CC2CC(=O)OC2=O)CC(=O)O1.O=C1CC(c2ccc(C3CC(=O)OC3=O)cc2)C(=O)O1.O=C1CC(c2ccc(C3CC(=O)OC3=O)cc2)CC(=O)O1. The molecule has 42 nitrogen and oxygen atoms in total. The van der Waals surface area contributed by atoms with E-state index in [-0.39, 0.29) is 151 Å². The summed E-state index contributed by atoms with van der Waals surface area (Å²) < 4.78 is 61.8. The van der Waals surface area contributed by atoms with Crippen molar-refractivity contribution in [2.75, 3.05) is 0 Å². The lowest BCUT2D eigenvalue weighted by Gasteiger charge is -2.31. The Labute approximate surface area is 678 Å². The Hall–Kier alpha value is -13.6. The fourth-order valence-corrected chi connectivity index (χ4v) is 15.9. The van der Waals surface area contributed by atoms with Crippen molar-refractivity contribution < 1.29 is 201 Å². The van der Waals surface area contributed by atoms with E-state index in [4.69, 9.17) is 0 Å². The van der Waals surface area contributed by atoms with Gasteiger partial charge in [-0.3, -0.25) is 134 Å². The molecule has 15 fully saturated rings. The maximum absolute atomic E-state index is 11.6. The van der Waals surface area contributed by atoms with Crippen LogP contribution >= 0.6 is 0 Å². The van der Waals surface area contributed by atoms with E-state index in [1.807, 2.05) is 0 Å². The predicted molar refractivity (Wildman–Crippen MR) is 367 cm³/mol. The van der Waals surface area contributed by atoms with Gasteiger partial charge in [-0.1, -0.05) is 48.5 Å². The first-order valence-electron chi connectivity index (χ1n) is 38.0. The molecule has 17 rings (SSSR count). The molecule has 0 spiro atoms. The smallest absolute Gasteiger partial charge is 0.321 e. The Bertz CT molecular complexity index is 4580. The first kappa shape index (κ1) is 88.2. The van der Waals surface area contributed by atoms with Gasteiger partial charge < -0.3 is 66.3 Å². The molecule has 2 aromatic carbocycles. The highest BCUT2D eigenvalue weighted by Gasteiger charge is 2.51. The van der Waals surface area contributed by atoms with E-state index in [0.29, 0.717) is 23.1 Å². The molecule has 11 atom stereocenters. The van der Waals surface area contributed by atoms with E-state index >= 15 is 0 Å². The normalized spacial score (nSPS) is 29.1. The summed E-state index contributed by atoms with van der Waals surface area (Å²) >= 11 is 0. The van der Waals surface area contributed by atoms with Crippen LogP contribution in [0.5, 0.6) is 0 Å². The summed E-state index contributed by atoms with van der Waals surface area (Å²) in [6.45, 7) is 0. The van der Waals surface area contributed by atoms with Crippen molar-refractivity contribution in [1.82, 2.24) is 0 Å². The number of hydrogen-bond donors (Lipinski definition) is 0. The number of ether oxygens (including phenoxy) is 14. The van der Waals surface area contributed by atoms with Crippen LogP contribution in [0.15, 0.2) is 48.5 Å². The van der Waals surface area contributed by atoms with Crippen LogP contribution < -0.4 is 0 Å². The minimum atomic E-state index is -0.846. The molecule has 0 radical (unpaired) electrons. The number of cyclic esters (lactones) is 28. The molecular formula is C79H70O42. The molecule has 42 heteroatoms. The van der Waals surface area contributed by atoms with Crippen LogP contribution in [-0.4, -0.2) is 167 Å². The summed E-state index contributed by atoms with van der Waals surface area (Å²) in [5, 5.41) is 0. The van der Waals surface area contributed by atoms with Crippen molar-refractivity contribution in [2.24, 2.45) is 71.0 Å². The molecular weight excluding hydrogens is 1620 g/mol. The number of carbonyl (C=O) groups is 28. The Morgan fingerprint density at radius 3 is 0.653 bits per heavy atom. The molecule has 2 aromatic rings. The van der Waals surface area contributed by atoms with Crippen LogP contribution in [0.2, 0.25) is 0 Å². The molecule has 14 saturated heterocycles. The monoisotopic (exact) mass is 1690 g/mol. The van der Waals surface area contributed by atoms with Crippen molar-refractivity contribution in [3.05, 3.63) is 70.8 Å². The summed E-state index contributed by atoms with van der Waals surface area (Å²) in [6, 6.07) is 13.6. The zero-order valence-electron chi connectivity index (χ0n) is 63.3. The van der Waals surface area contributed by atoms with Crippen LogP contribution in [0, 0.1) is 71.0 Å². The van der Waals surface area contributed by atoms with Gasteiger partial charge in [-0.25, -0.2) is 0 Å². The van der Waals surface area contributed by atoms with Gasteiger partial charge >= 0.3 is 167 Å². The summed E-state index contributed by atoms with van der Waals surface area (Å²) in [6.07, 6.45) is 4.27. The summed E-state index contributed by atoms with van der Waals surface area (Å²) in [7, 11) is 0. The number of esters is 28. The molecule has 11 unspecified atom stereocenters. The lowest BCUT2D eigenvalue weighted by atomic mass is 9.71. The molecule has 1 aliphatic carbocycles. The Kier molecular flexibility index (Phi) is 28.0. The highest BCUT2D eigenvalue weighted by Crippen LogP contribution is 2.44. The molecule has 0 aromatic heterocycles. The van der Waals surface area contributed by atoms with E-state index in [1.54, 1.807) is 48.5 Å². The van der Waals surface area contributed by atoms with E-state index in [0.717, 1.165) is 31.2 Å². The second kappa shape index (κ2) is 38.4. The second-order valence-electron chi connectivity index (χ2n) is 30.3. The third kappa shape index (κ3) is 23.0. The molecule has 14 heterocycles. The molecule has 121 heavy (non-hydrogen) atoms. The zero-order valence-corrected chi connectivity index (χ0v) is 63.3. The van der Waals surface area contributed by atoms with Crippen molar-refractivity contribution in [2.45, 2.75) is 171 Å². The fourth-order valence-electron chi connectivity index (χ4n) is 15.9. The number of carbonyl (C=O) groups excluding carboxylic acids is 28. The Morgan fingerprint density at radius 2 is 0.397 bits per heavy atom. The van der Waals surface area contributed by atoms with Crippen LogP contribution in [0.4, 0.5) is 0 Å². The van der Waals surface area contributed by atoms with Gasteiger partial charge in [0.1, 0.15) is 0 Å². The maximum Gasteiger partial charge on any atom is 0.321 e. The maximum atomic E-state index is 11.6. The molecule has 14 aliphatic heterocycles. The minimum absolute atomic E-state index is 0.0151. The first-order valence-corrected chi connectivity index (χ1v) is 38.0. The molecule has 0 bridgehead atoms. The van der Waals surface area contributed by atoms with Gasteiger partial charge in [-0.2, -0.15) is 0 Å². The third-order valence-electron chi connectivity index (χ3n) is 22.0. The van der Waals surface area contributed by atoms with Crippen molar-refractivity contribution >= 4 is 167 Å². The minimum Gasteiger partial charge on any atom is -0.393 e. The van der Waals surface area contributed by atoms with Crippen LogP contribution in [0.25, 0.3) is 0 Å². The number of hydrogen-bond acceptors (Lipinski definition) is 42. The largest absolute Gasteiger partial charge is 0.393 e. The first-order chi connectivity index (χ1) is 57.3. The van der Waals surface area contributed by atoms with Crippen molar-refractivity contribution in [3.8, 4) is 0 Å². The second-order valence-corrected chi connectivity index (χ2v) is 30.3. The standard InChI is InChI=1S/C15H12O6.C14H16O6.C14H10O6.C10H10O6.2C9H8O6.C8H6O6/c16-12-5-10(6-13(17)20-12)8-1-3-9(4-2-8)11-7-14(18)21-15(11)19;2*15-11-5-9(13(17)19-11)7-1-2-8(4-3-7)10-6-12(16)20-14(10)18;11-7-2-5(3-8(12)15-7)1-6-4-9(13)16-10(6)14;10-6-1-4(2-7(11)14-6)5-3-8(12)15-9(5)13;10-6-2-4(8(12)14-6)1-5-3-7(11)15-9(5)13;9-5-1-3(7(11)13-5)4-2-6(10)14-8(4)12/h1-4,10-11H,5-7H2;7-10H,1-6H2;1-4,9-10H,5-6H2;5-6H,1-4H2;2*4-5H,1-3H2;3-4H,1-2H2. The van der Waals surface area contributed by atoms with Gasteiger partial charge in [0, 0.05) is 18.8 Å². The van der Waals surface area contributed by atoms with Crippen LogP contribution in [-0.2, 0) is 201 Å². The lowest BCUT2D eigenvalue weighted by molar-refractivity contribution is -0.168. The highest BCUT2D eigenvalue weighted by molar-refractivity contribution is 6.04. The average Bonchev–Trinajstić information content (AvgIpc) is 1.78. The van der Waals surface area contributed by atoms with Crippen molar-refractivity contribution in [1.29, 1.82) is 0 Å². The van der Waals surface area contributed by atoms with E-state index in [9.17, 15) is 134 Å². The molecule has 15 aliphatic rings. The van der Waals surface area contributed by atoms with Crippen LogP contribution in [0.3, 0.4) is 0 Å². The van der Waals surface area contributed by atoms with E-state index < -0.39 is 226 Å². The fraction of sp³-hybridized carbons (Fsp3) is 0.494. The number of rotatable bonds is 12. The van der Waals surface area contributed by atoms with Gasteiger partial charge in [-0.15, -0.1) is 0 Å². The van der Waals surface area contributed by atoms with Gasteiger partial charge in [0.05, 0.1) is 161 Å². The third-order valence-corrected chi connectivity index (χ3v) is 22.0. The molecule has 0 amide bonds. The van der Waals surface area contributed by atoms with E-state index in [1.165, 1.54) is 0 Å². The number of benzene rings is 2. The summed E-state index contributed by atoms with van der Waals surface area (Å²) in [5.41, 5.74) is 2.84.